The van der Waals surface area contributed by atoms with Crippen LogP contribution < -0.4 is 11.3 Å². The van der Waals surface area contributed by atoms with E-state index in [-0.39, 0.29) is 0 Å². The van der Waals surface area contributed by atoms with Crippen LogP contribution in [0.25, 0.3) is 0 Å². The second-order valence-corrected chi connectivity index (χ2v) is 7.40. The molecular formula is C17H21N3S. The fourth-order valence-electron chi connectivity index (χ4n) is 4.20. The Balaban J connectivity index is 1.54. The van der Waals surface area contributed by atoms with Crippen molar-refractivity contribution in [3.8, 4) is 0 Å². The van der Waals surface area contributed by atoms with Crippen molar-refractivity contribution in [1.29, 1.82) is 0 Å². The number of nitrogens with two attached hydrogens (primary N) is 1. The second kappa shape index (κ2) is 5.20. The quantitative estimate of drug-likeness (QED) is 0.674. The van der Waals surface area contributed by atoms with Gasteiger partial charge < -0.3 is 0 Å². The summed E-state index contributed by atoms with van der Waals surface area (Å²) in [6, 6.07) is 9.27. The fourth-order valence-corrected chi connectivity index (χ4v) is 4.83. The Morgan fingerprint density at radius 1 is 1.43 bits per heavy atom. The summed E-state index contributed by atoms with van der Waals surface area (Å²) in [6.07, 6.45) is 3.47. The van der Waals surface area contributed by atoms with Gasteiger partial charge in [-0.3, -0.25) is 11.3 Å². The molecule has 0 spiro atoms. The second-order valence-electron chi connectivity index (χ2n) is 6.34. The van der Waals surface area contributed by atoms with E-state index in [2.05, 4.69) is 47.0 Å². The summed E-state index contributed by atoms with van der Waals surface area (Å²) in [5.41, 5.74) is 7.36. The molecule has 1 aromatic carbocycles. The Morgan fingerprint density at radius 2 is 2.29 bits per heavy atom. The Labute approximate surface area is 129 Å². The van der Waals surface area contributed by atoms with Crippen LogP contribution in [0.5, 0.6) is 0 Å². The number of nitrogens with one attached hydrogen (secondary N) is 1. The number of hydrazine groups is 1. The molecule has 110 valence electrons. The van der Waals surface area contributed by atoms with Gasteiger partial charge in [0.1, 0.15) is 0 Å². The van der Waals surface area contributed by atoms with Crippen LogP contribution in [-0.4, -0.2) is 11.0 Å². The van der Waals surface area contributed by atoms with Gasteiger partial charge in [0.05, 0.1) is 10.7 Å². The van der Waals surface area contributed by atoms with Gasteiger partial charge in [0.15, 0.2) is 0 Å². The van der Waals surface area contributed by atoms with Crippen molar-refractivity contribution in [2.45, 2.75) is 38.1 Å². The van der Waals surface area contributed by atoms with Gasteiger partial charge in [-0.05, 0) is 48.6 Å². The van der Waals surface area contributed by atoms with Crippen LogP contribution >= 0.6 is 11.3 Å². The molecule has 1 saturated carbocycles. The monoisotopic (exact) mass is 299 g/mol. The van der Waals surface area contributed by atoms with E-state index in [1.807, 2.05) is 0 Å². The number of hydrogen-bond donors (Lipinski definition) is 2. The largest absolute Gasteiger partial charge is 0.271 e. The van der Waals surface area contributed by atoms with E-state index < -0.39 is 0 Å². The molecule has 1 heterocycles. The predicted octanol–water partition coefficient (Wildman–Crippen LogP) is 2.80. The number of benzene rings is 1. The Bertz CT molecular complexity index is 651. The van der Waals surface area contributed by atoms with Crippen LogP contribution in [0.15, 0.2) is 29.6 Å². The smallest absolute Gasteiger partial charge is 0.0897 e. The first-order valence-electron chi connectivity index (χ1n) is 7.73. The molecule has 2 aliphatic carbocycles. The van der Waals surface area contributed by atoms with Gasteiger partial charge in [-0.15, -0.1) is 11.3 Å². The average molecular weight is 299 g/mol. The van der Waals surface area contributed by atoms with Crippen molar-refractivity contribution >= 4 is 11.3 Å². The van der Waals surface area contributed by atoms with E-state index >= 15 is 0 Å². The lowest BCUT2D eigenvalue weighted by molar-refractivity contribution is 0.438. The van der Waals surface area contributed by atoms with Crippen LogP contribution in [0.3, 0.4) is 0 Å². The SMILES string of the molecule is Cc1nc(CC(NN)C2C3CCc4ccccc4C32)cs1. The zero-order chi connectivity index (χ0) is 14.4. The van der Waals surface area contributed by atoms with E-state index in [1.165, 1.54) is 18.5 Å². The minimum atomic E-state index is 0.340. The van der Waals surface area contributed by atoms with E-state index in [0.717, 1.165) is 17.3 Å². The fraction of sp³-hybridized carbons (Fsp3) is 0.471. The number of aryl methyl sites for hydroxylation is 2. The molecule has 2 aromatic rings. The normalized spacial score (nSPS) is 27.8. The molecule has 0 aliphatic heterocycles. The van der Waals surface area contributed by atoms with Gasteiger partial charge in [-0.1, -0.05) is 24.3 Å². The first-order chi connectivity index (χ1) is 10.3. The molecule has 21 heavy (non-hydrogen) atoms. The summed E-state index contributed by atoms with van der Waals surface area (Å²) >= 11 is 1.72. The summed E-state index contributed by atoms with van der Waals surface area (Å²) in [5.74, 6) is 8.05. The van der Waals surface area contributed by atoms with Crippen molar-refractivity contribution in [2.75, 3.05) is 0 Å². The Hall–Kier alpha value is -1.23. The first kappa shape index (κ1) is 13.4. The van der Waals surface area contributed by atoms with E-state index in [0.29, 0.717) is 17.9 Å². The highest BCUT2D eigenvalue weighted by Gasteiger charge is 2.56. The minimum absolute atomic E-state index is 0.340. The molecule has 4 unspecified atom stereocenters. The summed E-state index contributed by atoms with van der Waals surface area (Å²) in [4.78, 5) is 4.59. The van der Waals surface area contributed by atoms with E-state index in [4.69, 9.17) is 5.84 Å². The molecular weight excluding hydrogens is 278 g/mol. The van der Waals surface area contributed by atoms with Crippen LogP contribution in [0.4, 0.5) is 0 Å². The summed E-state index contributed by atoms with van der Waals surface area (Å²) in [6.45, 7) is 2.06. The number of hydrogen-bond acceptors (Lipinski definition) is 4. The number of fused-ring (bicyclic) bond motifs is 3. The van der Waals surface area contributed by atoms with Gasteiger partial charge in [0.25, 0.3) is 0 Å². The highest BCUT2D eigenvalue weighted by molar-refractivity contribution is 7.09. The molecule has 0 bridgehead atoms. The highest BCUT2D eigenvalue weighted by atomic mass is 32.1. The summed E-state index contributed by atoms with van der Waals surface area (Å²) in [7, 11) is 0. The van der Waals surface area contributed by atoms with Crippen LogP contribution in [0, 0.1) is 18.8 Å². The molecule has 1 fully saturated rings. The lowest BCUT2D eigenvalue weighted by atomic mass is 9.92. The predicted molar refractivity (Wildman–Crippen MR) is 86.2 cm³/mol. The molecule has 4 atom stereocenters. The standard InChI is InChI=1S/C17H21N3S/c1-10-19-12(9-21-10)8-15(20-18)17-14-7-6-11-4-2-3-5-13(11)16(14)17/h2-5,9,14-17,20H,6-8,18H2,1H3. The van der Waals surface area contributed by atoms with Crippen LogP contribution in [0.1, 0.15) is 34.2 Å². The van der Waals surface area contributed by atoms with E-state index in [9.17, 15) is 0 Å². The highest BCUT2D eigenvalue weighted by Crippen LogP contribution is 2.61. The summed E-state index contributed by atoms with van der Waals surface area (Å²) in [5, 5.41) is 3.30. The van der Waals surface area contributed by atoms with Gasteiger partial charge in [0, 0.05) is 17.8 Å². The number of rotatable bonds is 4. The lowest BCUT2D eigenvalue weighted by Gasteiger charge is -2.15. The average Bonchev–Trinajstić information content (AvgIpc) is 3.11. The van der Waals surface area contributed by atoms with Gasteiger partial charge >= 0.3 is 0 Å². The van der Waals surface area contributed by atoms with Crippen LogP contribution in [-0.2, 0) is 12.8 Å². The molecule has 4 heteroatoms. The van der Waals surface area contributed by atoms with Crippen molar-refractivity contribution in [2.24, 2.45) is 17.7 Å². The first-order valence-corrected chi connectivity index (χ1v) is 8.61. The zero-order valence-corrected chi connectivity index (χ0v) is 13.1. The molecule has 3 N–H and O–H groups in total. The number of nitrogens with zero attached hydrogens (tertiary/aromatic N) is 1. The molecule has 0 radical (unpaired) electrons. The maximum atomic E-state index is 5.87. The third-order valence-electron chi connectivity index (χ3n) is 5.16. The van der Waals surface area contributed by atoms with Gasteiger partial charge in [0.2, 0.25) is 0 Å². The maximum Gasteiger partial charge on any atom is 0.0897 e. The Morgan fingerprint density at radius 3 is 3.05 bits per heavy atom. The third kappa shape index (κ3) is 2.31. The number of aromatic nitrogens is 1. The minimum Gasteiger partial charge on any atom is -0.271 e. The van der Waals surface area contributed by atoms with Crippen molar-refractivity contribution in [3.63, 3.8) is 0 Å². The lowest BCUT2D eigenvalue weighted by Crippen LogP contribution is -2.39. The van der Waals surface area contributed by atoms with Crippen molar-refractivity contribution in [1.82, 2.24) is 10.4 Å². The van der Waals surface area contributed by atoms with Crippen molar-refractivity contribution < 1.29 is 0 Å². The van der Waals surface area contributed by atoms with Gasteiger partial charge in [-0.2, -0.15) is 0 Å². The molecule has 2 aliphatic rings. The van der Waals surface area contributed by atoms with Crippen LogP contribution in [0.2, 0.25) is 0 Å². The molecule has 1 aromatic heterocycles. The number of thiazole rings is 1. The molecule has 3 nitrogen and oxygen atoms in total. The molecule has 0 amide bonds. The topological polar surface area (TPSA) is 50.9 Å². The third-order valence-corrected chi connectivity index (χ3v) is 5.99. The zero-order valence-electron chi connectivity index (χ0n) is 12.3. The van der Waals surface area contributed by atoms with Crippen molar-refractivity contribution in [3.05, 3.63) is 51.5 Å². The molecule has 0 saturated heterocycles. The van der Waals surface area contributed by atoms with Gasteiger partial charge in [-0.25, -0.2) is 4.98 Å². The Kier molecular flexibility index (Phi) is 3.32. The molecule has 4 rings (SSSR count). The maximum absolute atomic E-state index is 5.87. The van der Waals surface area contributed by atoms with E-state index in [1.54, 1.807) is 22.5 Å². The summed E-state index contributed by atoms with van der Waals surface area (Å²) < 4.78 is 0.